The Morgan fingerprint density at radius 2 is 2.04 bits per heavy atom. The summed E-state index contributed by atoms with van der Waals surface area (Å²) in [4.78, 5) is 13.2. The number of nitrogens with zero attached hydrogens (tertiary/aromatic N) is 2. The van der Waals surface area contributed by atoms with Crippen LogP contribution >= 0.6 is 11.3 Å². The highest BCUT2D eigenvalue weighted by Gasteiger charge is 2.10. The first kappa shape index (κ1) is 15.2. The van der Waals surface area contributed by atoms with Gasteiger partial charge in [0.1, 0.15) is 5.69 Å². The molecule has 0 saturated heterocycles. The molecule has 0 fully saturated rings. The molecule has 0 aliphatic carbocycles. The molecular formula is C17H16N4OS. The van der Waals surface area contributed by atoms with Crippen molar-refractivity contribution < 1.29 is 4.79 Å². The minimum absolute atomic E-state index is 0.313. The monoisotopic (exact) mass is 324 g/mol. The number of aromatic nitrogens is 2. The second kappa shape index (κ2) is 6.58. The van der Waals surface area contributed by atoms with Crippen molar-refractivity contribution in [3.05, 3.63) is 64.0 Å². The quantitative estimate of drug-likeness (QED) is 0.568. The van der Waals surface area contributed by atoms with Crippen LogP contribution < -0.4 is 5.43 Å². The number of benzene rings is 1. The van der Waals surface area contributed by atoms with Gasteiger partial charge >= 0.3 is 0 Å². The summed E-state index contributed by atoms with van der Waals surface area (Å²) in [5.41, 5.74) is 6.57. The largest absolute Gasteiger partial charge is 0.289 e. The fraction of sp³-hybridized carbons (Fsp3) is 0.118. The zero-order valence-electron chi connectivity index (χ0n) is 12.8. The highest BCUT2D eigenvalue weighted by molar-refractivity contribution is 7.12. The molecule has 0 aliphatic rings. The fourth-order valence-electron chi connectivity index (χ4n) is 2.04. The third-order valence-electron chi connectivity index (χ3n) is 3.37. The maximum absolute atomic E-state index is 12.1. The fourth-order valence-corrected chi connectivity index (χ4v) is 2.72. The third kappa shape index (κ3) is 3.54. The molecule has 0 saturated carbocycles. The van der Waals surface area contributed by atoms with E-state index in [4.69, 9.17) is 0 Å². The number of rotatable bonds is 4. The number of thiophene rings is 1. The van der Waals surface area contributed by atoms with Gasteiger partial charge in [0.15, 0.2) is 0 Å². The molecule has 2 N–H and O–H groups in total. The molecule has 23 heavy (non-hydrogen) atoms. The van der Waals surface area contributed by atoms with E-state index in [1.807, 2.05) is 55.6 Å². The van der Waals surface area contributed by atoms with E-state index in [0.29, 0.717) is 5.69 Å². The van der Waals surface area contributed by atoms with Gasteiger partial charge in [-0.3, -0.25) is 9.89 Å². The Labute approximate surface area is 138 Å². The summed E-state index contributed by atoms with van der Waals surface area (Å²) in [6.07, 6.45) is 0. The van der Waals surface area contributed by atoms with Crippen molar-refractivity contribution in [1.82, 2.24) is 15.6 Å². The van der Waals surface area contributed by atoms with E-state index in [1.54, 1.807) is 17.4 Å². The molecule has 3 rings (SSSR count). The van der Waals surface area contributed by atoms with Gasteiger partial charge in [-0.25, -0.2) is 5.43 Å². The molecule has 2 aromatic heterocycles. The van der Waals surface area contributed by atoms with Gasteiger partial charge < -0.3 is 0 Å². The van der Waals surface area contributed by atoms with Crippen LogP contribution in [0.4, 0.5) is 0 Å². The van der Waals surface area contributed by atoms with Crippen molar-refractivity contribution in [2.45, 2.75) is 13.8 Å². The molecule has 0 bridgehead atoms. The Bertz CT molecular complexity index is 832. The minimum Gasteiger partial charge on any atom is -0.272 e. The van der Waals surface area contributed by atoms with Crippen LogP contribution in [0.3, 0.4) is 0 Å². The molecule has 6 heteroatoms. The summed E-state index contributed by atoms with van der Waals surface area (Å²) < 4.78 is 0. The number of carbonyl (C=O) groups excluding carboxylic acids is 1. The number of amides is 1. The van der Waals surface area contributed by atoms with Crippen LogP contribution in [0.25, 0.3) is 11.3 Å². The SMILES string of the molecule is C/C(=N/NC(=O)c1cc(-c2ccc(C)cc2)n[nH]1)c1cccs1. The molecule has 5 nitrogen and oxygen atoms in total. The minimum atomic E-state index is -0.313. The van der Waals surface area contributed by atoms with Crippen molar-refractivity contribution in [2.24, 2.45) is 5.10 Å². The predicted molar refractivity (Wildman–Crippen MR) is 92.8 cm³/mol. The highest BCUT2D eigenvalue weighted by Crippen LogP contribution is 2.18. The lowest BCUT2D eigenvalue weighted by Gasteiger charge is -1.98. The Morgan fingerprint density at radius 1 is 1.26 bits per heavy atom. The summed E-state index contributed by atoms with van der Waals surface area (Å²) in [5.74, 6) is -0.313. The van der Waals surface area contributed by atoms with E-state index in [1.165, 1.54) is 5.56 Å². The molecule has 3 aromatic rings. The maximum Gasteiger partial charge on any atom is 0.289 e. The summed E-state index contributed by atoms with van der Waals surface area (Å²) in [5, 5.41) is 13.0. The number of H-pyrrole nitrogens is 1. The van der Waals surface area contributed by atoms with Gasteiger partial charge in [-0.2, -0.15) is 10.2 Å². The van der Waals surface area contributed by atoms with E-state index >= 15 is 0 Å². The third-order valence-corrected chi connectivity index (χ3v) is 4.35. The molecular weight excluding hydrogens is 308 g/mol. The molecule has 116 valence electrons. The first-order valence-electron chi connectivity index (χ1n) is 7.14. The lowest BCUT2D eigenvalue weighted by Crippen LogP contribution is -2.19. The summed E-state index contributed by atoms with van der Waals surface area (Å²) >= 11 is 1.58. The standard InChI is InChI=1S/C17H16N4OS/c1-11-5-7-13(8-6-11)14-10-15(20-19-14)17(22)21-18-12(2)16-4-3-9-23-16/h3-10H,1-2H3,(H,19,20)(H,21,22)/b18-12-. The number of nitrogens with one attached hydrogen (secondary N) is 2. The molecule has 0 radical (unpaired) electrons. The van der Waals surface area contributed by atoms with Crippen LogP contribution in [0.2, 0.25) is 0 Å². The Morgan fingerprint density at radius 3 is 2.74 bits per heavy atom. The smallest absolute Gasteiger partial charge is 0.272 e. The van der Waals surface area contributed by atoms with Gasteiger partial charge in [-0.05, 0) is 31.4 Å². The van der Waals surface area contributed by atoms with Gasteiger partial charge in [0, 0.05) is 10.4 Å². The zero-order chi connectivity index (χ0) is 16.2. The highest BCUT2D eigenvalue weighted by atomic mass is 32.1. The molecule has 1 amide bonds. The van der Waals surface area contributed by atoms with Gasteiger partial charge in [0.05, 0.1) is 11.4 Å². The molecule has 0 unspecified atom stereocenters. The second-order valence-electron chi connectivity index (χ2n) is 5.15. The zero-order valence-corrected chi connectivity index (χ0v) is 13.6. The number of carbonyl (C=O) groups is 1. The molecule has 0 atom stereocenters. The van der Waals surface area contributed by atoms with Crippen LogP contribution in [-0.4, -0.2) is 21.8 Å². The predicted octanol–water partition coefficient (Wildman–Crippen LogP) is 3.60. The number of aromatic amines is 1. The average molecular weight is 324 g/mol. The molecule has 1 aromatic carbocycles. The van der Waals surface area contributed by atoms with Crippen LogP contribution in [0.5, 0.6) is 0 Å². The Kier molecular flexibility index (Phi) is 4.34. The number of hydrogen-bond acceptors (Lipinski definition) is 4. The van der Waals surface area contributed by atoms with E-state index in [9.17, 15) is 4.79 Å². The average Bonchev–Trinajstić information content (AvgIpc) is 3.24. The van der Waals surface area contributed by atoms with Crippen LogP contribution in [0.15, 0.2) is 52.9 Å². The van der Waals surface area contributed by atoms with Gasteiger partial charge in [-0.1, -0.05) is 35.9 Å². The van der Waals surface area contributed by atoms with Gasteiger partial charge in [0.25, 0.3) is 5.91 Å². The normalized spacial score (nSPS) is 11.5. The maximum atomic E-state index is 12.1. The van der Waals surface area contributed by atoms with Gasteiger partial charge in [0.2, 0.25) is 0 Å². The first-order chi connectivity index (χ1) is 11.1. The molecule has 2 heterocycles. The van der Waals surface area contributed by atoms with Crippen molar-refractivity contribution in [3.8, 4) is 11.3 Å². The van der Waals surface area contributed by atoms with Crippen LogP contribution in [0.1, 0.15) is 27.9 Å². The van der Waals surface area contributed by atoms with Crippen molar-refractivity contribution >= 4 is 23.0 Å². The summed E-state index contributed by atoms with van der Waals surface area (Å²) in [6, 6.07) is 13.6. The Hall–Kier alpha value is -2.73. The first-order valence-corrected chi connectivity index (χ1v) is 8.02. The van der Waals surface area contributed by atoms with Crippen LogP contribution in [0, 0.1) is 6.92 Å². The molecule has 0 aliphatic heterocycles. The Balaban J connectivity index is 1.71. The van der Waals surface area contributed by atoms with E-state index in [2.05, 4.69) is 20.7 Å². The van der Waals surface area contributed by atoms with Crippen molar-refractivity contribution in [3.63, 3.8) is 0 Å². The lowest BCUT2D eigenvalue weighted by molar-refractivity contribution is 0.0950. The van der Waals surface area contributed by atoms with Gasteiger partial charge in [-0.15, -0.1) is 11.3 Å². The summed E-state index contributed by atoms with van der Waals surface area (Å²) in [7, 11) is 0. The lowest BCUT2D eigenvalue weighted by atomic mass is 10.1. The number of hydrazone groups is 1. The van der Waals surface area contributed by atoms with Crippen molar-refractivity contribution in [1.29, 1.82) is 0 Å². The summed E-state index contributed by atoms with van der Waals surface area (Å²) in [6.45, 7) is 3.89. The van der Waals surface area contributed by atoms with Crippen molar-refractivity contribution in [2.75, 3.05) is 0 Å². The van der Waals surface area contributed by atoms with E-state index < -0.39 is 0 Å². The topological polar surface area (TPSA) is 70.1 Å². The number of hydrogen-bond donors (Lipinski definition) is 2. The van der Waals surface area contributed by atoms with E-state index in [-0.39, 0.29) is 5.91 Å². The van der Waals surface area contributed by atoms with E-state index in [0.717, 1.165) is 21.8 Å². The number of aryl methyl sites for hydroxylation is 1. The van der Waals surface area contributed by atoms with Crippen LogP contribution in [-0.2, 0) is 0 Å². The molecule has 0 spiro atoms. The second-order valence-corrected chi connectivity index (χ2v) is 6.10.